The van der Waals surface area contributed by atoms with Gasteiger partial charge < -0.3 is 37.0 Å². The van der Waals surface area contributed by atoms with E-state index < -0.39 is 31.0 Å². The van der Waals surface area contributed by atoms with Gasteiger partial charge in [0.1, 0.15) is 22.6 Å². The fourth-order valence-electron chi connectivity index (χ4n) is 0.703. The van der Waals surface area contributed by atoms with Crippen molar-refractivity contribution in [2.45, 2.75) is 24.4 Å². The Balaban J connectivity index is 0. The smallest absolute Gasteiger partial charge is 0.128 e. The number of rotatable bonds is 5. The summed E-state index contributed by atoms with van der Waals surface area (Å²) < 4.78 is 0.194. The van der Waals surface area contributed by atoms with E-state index in [9.17, 15) is 0 Å². The summed E-state index contributed by atoms with van der Waals surface area (Å²) in [5, 5.41) is 44.2. The zero-order valence-corrected chi connectivity index (χ0v) is 10.2. The van der Waals surface area contributed by atoms with Gasteiger partial charge in [-0.05, 0) is 0 Å². The van der Waals surface area contributed by atoms with Crippen molar-refractivity contribution in [3.8, 4) is 0 Å². The van der Waals surface area contributed by atoms with Crippen LogP contribution >= 0.6 is 24.8 Å². The first-order valence-electron chi connectivity index (χ1n) is 4.29. The van der Waals surface area contributed by atoms with Gasteiger partial charge in [0.15, 0.2) is 0 Å². The van der Waals surface area contributed by atoms with Gasteiger partial charge in [-0.2, -0.15) is 0 Å². The number of aliphatic hydroxyl groups excluding tert-OH is 5. The number of nitrogens with two attached hydrogens (primary N) is 2. The molecule has 7 nitrogen and oxygen atoms in total. The predicted molar refractivity (Wildman–Crippen MR) is 65.9 cm³/mol. The van der Waals surface area contributed by atoms with Crippen LogP contribution in [0.25, 0.3) is 0 Å². The van der Waals surface area contributed by atoms with Gasteiger partial charge in [0.2, 0.25) is 0 Å². The SMILES string of the molecule is NC(=S)S.NC[C@H](O)[C@@H](O)[C@H](O)[C@H](O)CO. The highest BCUT2D eigenvalue weighted by molar-refractivity contribution is 8.10. The van der Waals surface area contributed by atoms with Crippen molar-refractivity contribution in [2.24, 2.45) is 11.5 Å². The zero-order valence-electron chi connectivity index (χ0n) is 8.47. The highest BCUT2D eigenvalue weighted by atomic mass is 32.1. The second kappa shape index (κ2) is 10.2. The summed E-state index contributed by atoms with van der Waals surface area (Å²) in [4.78, 5) is 0. The Morgan fingerprint density at radius 2 is 1.44 bits per heavy atom. The van der Waals surface area contributed by atoms with Crippen LogP contribution < -0.4 is 11.5 Å². The lowest BCUT2D eigenvalue weighted by molar-refractivity contribution is -0.112. The molecule has 0 aromatic rings. The number of thiol groups is 1. The molecule has 0 spiro atoms. The van der Waals surface area contributed by atoms with Crippen molar-refractivity contribution < 1.29 is 25.5 Å². The van der Waals surface area contributed by atoms with Crippen molar-refractivity contribution in [3.63, 3.8) is 0 Å². The number of hydrogen-bond donors (Lipinski definition) is 8. The normalized spacial score (nSPS) is 17.7. The van der Waals surface area contributed by atoms with E-state index in [0.29, 0.717) is 0 Å². The zero-order chi connectivity index (χ0) is 13.3. The molecule has 0 saturated carbocycles. The summed E-state index contributed by atoms with van der Waals surface area (Å²) in [6.07, 6.45) is -5.91. The summed E-state index contributed by atoms with van der Waals surface area (Å²) in [6.45, 7) is -0.911. The van der Waals surface area contributed by atoms with E-state index in [1.165, 1.54) is 0 Å². The Labute approximate surface area is 104 Å². The van der Waals surface area contributed by atoms with Crippen molar-refractivity contribution in [3.05, 3.63) is 0 Å². The molecular formula is C7H18N2O5S2. The van der Waals surface area contributed by atoms with Crippen molar-refractivity contribution in [1.82, 2.24) is 0 Å². The molecule has 0 rings (SSSR count). The molecule has 9 heteroatoms. The quantitative estimate of drug-likeness (QED) is 0.190. The van der Waals surface area contributed by atoms with Gasteiger partial charge in [-0.1, -0.05) is 12.2 Å². The van der Waals surface area contributed by atoms with Crippen LogP contribution in [0, 0.1) is 0 Å². The van der Waals surface area contributed by atoms with E-state index >= 15 is 0 Å². The molecule has 9 N–H and O–H groups in total. The number of hydrogen-bond acceptors (Lipinski definition) is 7. The van der Waals surface area contributed by atoms with E-state index in [0.717, 1.165) is 0 Å². The van der Waals surface area contributed by atoms with E-state index in [2.05, 4.69) is 24.8 Å². The highest BCUT2D eigenvalue weighted by Gasteiger charge is 2.28. The topological polar surface area (TPSA) is 153 Å². The molecule has 0 saturated heterocycles. The lowest BCUT2D eigenvalue weighted by Gasteiger charge is -2.24. The maximum atomic E-state index is 9.04. The minimum atomic E-state index is -1.59. The minimum absolute atomic E-state index is 0.194. The van der Waals surface area contributed by atoms with Crippen LogP contribution in [-0.4, -0.2) is 67.4 Å². The van der Waals surface area contributed by atoms with Crippen LogP contribution in [0.3, 0.4) is 0 Å². The van der Waals surface area contributed by atoms with Crippen LogP contribution in [0.5, 0.6) is 0 Å². The van der Waals surface area contributed by atoms with E-state index in [-0.39, 0.29) is 10.9 Å². The second-order valence-corrected chi connectivity index (χ2v) is 4.10. The molecule has 0 radical (unpaired) electrons. The third-order valence-electron chi connectivity index (χ3n) is 1.57. The van der Waals surface area contributed by atoms with E-state index in [4.69, 9.17) is 37.0 Å². The summed E-state index contributed by atoms with van der Waals surface area (Å²) in [6, 6.07) is 0. The number of aliphatic hydroxyl groups is 5. The molecule has 0 aromatic carbocycles. The summed E-state index contributed by atoms with van der Waals surface area (Å²) >= 11 is 7.65. The van der Waals surface area contributed by atoms with Crippen molar-refractivity contribution >= 4 is 29.2 Å². The Hall–Kier alpha value is -0.0000000000000000694. The van der Waals surface area contributed by atoms with Gasteiger partial charge in [-0.3, -0.25) is 0 Å². The molecule has 0 fully saturated rings. The standard InChI is InChI=1S/C6H15NO5.CH3NS2/c7-1-3(9)5(11)6(12)4(10)2-8;2-1(3)4/h3-6,8-12H,1-2,7H2;(H3,2,3,4)/t3-,4+,5+,6+;/m0./s1. The third kappa shape index (κ3) is 9.24. The van der Waals surface area contributed by atoms with Crippen molar-refractivity contribution in [2.75, 3.05) is 13.2 Å². The minimum Gasteiger partial charge on any atom is -0.394 e. The average molecular weight is 274 g/mol. The summed E-state index contributed by atoms with van der Waals surface area (Å²) in [5.74, 6) is 0. The molecule has 0 unspecified atom stereocenters. The Morgan fingerprint density at radius 1 is 1.12 bits per heavy atom. The first kappa shape index (κ1) is 18.4. The molecule has 4 atom stereocenters. The molecule has 16 heavy (non-hydrogen) atoms. The van der Waals surface area contributed by atoms with E-state index in [1.54, 1.807) is 0 Å². The van der Waals surface area contributed by atoms with Crippen LogP contribution in [0.1, 0.15) is 0 Å². The lowest BCUT2D eigenvalue weighted by Crippen LogP contribution is -2.48. The molecule has 0 aliphatic heterocycles. The Kier molecular flexibility index (Phi) is 11.7. The first-order valence-corrected chi connectivity index (χ1v) is 5.15. The molecule has 0 heterocycles. The molecule has 0 amide bonds. The van der Waals surface area contributed by atoms with Crippen molar-refractivity contribution in [1.29, 1.82) is 0 Å². The van der Waals surface area contributed by atoms with Crippen LogP contribution in [0.2, 0.25) is 0 Å². The molecule has 0 aromatic heterocycles. The third-order valence-corrected chi connectivity index (χ3v) is 1.57. The van der Waals surface area contributed by atoms with Gasteiger partial charge in [-0.25, -0.2) is 0 Å². The maximum Gasteiger partial charge on any atom is 0.128 e. The molecule has 0 aliphatic carbocycles. The number of thiocarbonyl (C=S) groups is 1. The van der Waals surface area contributed by atoms with Crippen LogP contribution in [0.15, 0.2) is 0 Å². The Morgan fingerprint density at radius 3 is 1.69 bits per heavy atom. The van der Waals surface area contributed by atoms with Gasteiger partial charge in [0, 0.05) is 6.54 Å². The van der Waals surface area contributed by atoms with Gasteiger partial charge in [-0.15, -0.1) is 12.6 Å². The predicted octanol–water partition coefficient (Wildman–Crippen LogP) is -3.46. The highest BCUT2D eigenvalue weighted by Crippen LogP contribution is 2.03. The molecule has 0 bridgehead atoms. The monoisotopic (exact) mass is 274 g/mol. The molecule has 0 aliphatic rings. The Bertz CT molecular complexity index is 180. The van der Waals surface area contributed by atoms with Crippen LogP contribution in [0.4, 0.5) is 0 Å². The van der Waals surface area contributed by atoms with Gasteiger partial charge in [0.25, 0.3) is 0 Å². The summed E-state index contributed by atoms with van der Waals surface area (Å²) in [5.41, 5.74) is 9.69. The lowest BCUT2D eigenvalue weighted by atomic mass is 10.0. The van der Waals surface area contributed by atoms with Gasteiger partial charge in [0.05, 0.1) is 12.7 Å². The second-order valence-electron chi connectivity index (χ2n) is 2.87. The summed E-state index contributed by atoms with van der Waals surface area (Å²) in [7, 11) is 0. The molecule has 98 valence electrons. The molecular weight excluding hydrogens is 256 g/mol. The average Bonchev–Trinajstić information content (AvgIpc) is 2.24. The fraction of sp³-hybridized carbons (Fsp3) is 0.857. The largest absolute Gasteiger partial charge is 0.394 e. The first-order chi connectivity index (χ1) is 7.27. The van der Waals surface area contributed by atoms with Crippen LogP contribution in [-0.2, 0) is 0 Å². The maximum absolute atomic E-state index is 9.04. The van der Waals surface area contributed by atoms with E-state index in [1.807, 2.05) is 0 Å². The van der Waals surface area contributed by atoms with Gasteiger partial charge >= 0.3 is 0 Å². The fourth-order valence-corrected chi connectivity index (χ4v) is 0.703.